The third-order valence-electron chi connectivity index (χ3n) is 6.75. The molecule has 1 atom stereocenters. The van der Waals surface area contributed by atoms with Crippen LogP contribution in [0.5, 0.6) is 11.6 Å². The second-order valence-corrected chi connectivity index (χ2v) is 11.0. The minimum absolute atomic E-state index is 0.266. The lowest BCUT2D eigenvalue weighted by Crippen LogP contribution is -2.36. The number of hydrogen-bond donors (Lipinski definition) is 1. The number of carbonyl (C=O) groups excluding carboxylic acids is 2. The number of aromatic nitrogens is 3. The zero-order valence-corrected chi connectivity index (χ0v) is 24.4. The largest absolute Gasteiger partial charge is 0.497 e. The maximum atomic E-state index is 12.6. The number of ether oxygens (including phenoxy) is 4. The fourth-order valence-corrected chi connectivity index (χ4v) is 4.70. The molecule has 0 saturated carbocycles. The standard InChI is InChI=1S/C31H35N5O6/c1-31(2,3)42-30(38)35-17-15-24(19-35)41-28-26-25(33-22-10-8-21(9-11-22)29(37)40-5)14-16-32-27(26)36(34-28)18-20-6-12-23(39-4)13-7-20/h6-14,16,24H,15,17-19H2,1-5H3,(H,32,33). The molecule has 11 nitrogen and oxygen atoms in total. The average Bonchev–Trinajstić information content (AvgIpc) is 3.58. The number of amides is 1. The van der Waals surface area contributed by atoms with E-state index in [9.17, 15) is 9.59 Å². The van der Waals surface area contributed by atoms with Crippen molar-refractivity contribution in [3.05, 3.63) is 71.9 Å². The van der Waals surface area contributed by atoms with Gasteiger partial charge < -0.3 is 29.2 Å². The Hall–Kier alpha value is -4.80. The second kappa shape index (κ2) is 12.0. The van der Waals surface area contributed by atoms with Crippen molar-refractivity contribution in [3.8, 4) is 11.6 Å². The summed E-state index contributed by atoms with van der Waals surface area (Å²) in [5, 5.41) is 8.96. The number of rotatable bonds is 8. The first-order valence-electron chi connectivity index (χ1n) is 13.7. The molecule has 1 aliphatic heterocycles. The van der Waals surface area contributed by atoms with Gasteiger partial charge in [0.25, 0.3) is 0 Å². The number of carbonyl (C=O) groups is 2. The summed E-state index contributed by atoms with van der Waals surface area (Å²) in [5.74, 6) is 0.781. The van der Waals surface area contributed by atoms with E-state index in [4.69, 9.17) is 24.0 Å². The van der Waals surface area contributed by atoms with Crippen LogP contribution in [0.1, 0.15) is 43.1 Å². The molecule has 0 spiro atoms. The van der Waals surface area contributed by atoms with Crippen molar-refractivity contribution in [1.29, 1.82) is 0 Å². The van der Waals surface area contributed by atoms with Crippen LogP contribution in [0.4, 0.5) is 16.2 Å². The minimum Gasteiger partial charge on any atom is -0.497 e. The number of anilines is 2. The topological polar surface area (TPSA) is 117 Å². The Bertz CT molecular complexity index is 1560. The molecule has 11 heteroatoms. The minimum atomic E-state index is -0.576. The summed E-state index contributed by atoms with van der Waals surface area (Å²) in [6.45, 7) is 6.92. The van der Waals surface area contributed by atoms with E-state index in [1.165, 1.54) is 7.11 Å². The maximum absolute atomic E-state index is 12.6. The molecular weight excluding hydrogens is 538 g/mol. The Labute approximate surface area is 244 Å². The van der Waals surface area contributed by atoms with E-state index in [-0.39, 0.29) is 12.2 Å². The molecule has 0 bridgehead atoms. The van der Waals surface area contributed by atoms with Gasteiger partial charge in [0.15, 0.2) is 5.65 Å². The van der Waals surface area contributed by atoms with Crippen molar-refractivity contribution < 1.29 is 28.5 Å². The summed E-state index contributed by atoms with van der Waals surface area (Å²) < 4.78 is 23.9. The van der Waals surface area contributed by atoms with Crippen LogP contribution in [-0.4, -0.2) is 70.7 Å². The SMILES string of the molecule is COC(=O)c1ccc(Nc2ccnc3c2c(OC2CCN(C(=O)OC(C)(C)C)C2)nn3Cc2ccc(OC)cc2)cc1. The quantitative estimate of drug-likeness (QED) is 0.276. The Morgan fingerprint density at radius 3 is 2.43 bits per heavy atom. The van der Waals surface area contributed by atoms with E-state index in [0.717, 1.165) is 22.7 Å². The number of hydrogen-bond acceptors (Lipinski definition) is 9. The first-order valence-corrected chi connectivity index (χ1v) is 13.7. The summed E-state index contributed by atoms with van der Waals surface area (Å²) in [6.07, 6.45) is 1.73. The molecule has 220 valence electrons. The molecule has 2 aromatic carbocycles. The van der Waals surface area contributed by atoms with Gasteiger partial charge in [-0.25, -0.2) is 19.3 Å². The van der Waals surface area contributed by atoms with Gasteiger partial charge in [-0.15, -0.1) is 5.10 Å². The number of esters is 1. The van der Waals surface area contributed by atoms with E-state index >= 15 is 0 Å². The number of fused-ring (bicyclic) bond motifs is 1. The van der Waals surface area contributed by atoms with Crippen molar-refractivity contribution in [2.45, 2.75) is 45.4 Å². The zero-order valence-electron chi connectivity index (χ0n) is 24.4. The van der Waals surface area contributed by atoms with Crippen molar-refractivity contribution >= 4 is 34.5 Å². The van der Waals surface area contributed by atoms with Crippen LogP contribution < -0.4 is 14.8 Å². The maximum Gasteiger partial charge on any atom is 0.410 e. The molecule has 42 heavy (non-hydrogen) atoms. The smallest absolute Gasteiger partial charge is 0.410 e. The highest BCUT2D eigenvalue weighted by molar-refractivity contribution is 5.96. The first kappa shape index (κ1) is 28.7. The summed E-state index contributed by atoms with van der Waals surface area (Å²) in [7, 11) is 2.98. The van der Waals surface area contributed by atoms with Crippen LogP contribution in [0, 0.1) is 0 Å². The van der Waals surface area contributed by atoms with Gasteiger partial charge in [-0.3, -0.25) is 0 Å². The number of likely N-dealkylation sites (tertiary alicyclic amines) is 1. The molecule has 1 aliphatic rings. The fourth-order valence-electron chi connectivity index (χ4n) is 4.70. The molecule has 3 heterocycles. The van der Waals surface area contributed by atoms with Gasteiger partial charge in [0, 0.05) is 24.8 Å². The molecule has 0 aliphatic carbocycles. The Balaban J connectivity index is 1.45. The summed E-state index contributed by atoms with van der Waals surface area (Å²) >= 11 is 0. The molecule has 1 N–H and O–H groups in total. The predicted octanol–water partition coefficient (Wildman–Crippen LogP) is 5.41. The number of nitrogens with zero attached hydrogens (tertiary/aromatic N) is 4. The highest BCUT2D eigenvalue weighted by atomic mass is 16.6. The average molecular weight is 574 g/mol. The summed E-state index contributed by atoms with van der Waals surface area (Å²) in [4.78, 5) is 30.8. The van der Waals surface area contributed by atoms with Crippen molar-refractivity contribution in [2.24, 2.45) is 0 Å². The van der Waals surface area contributed by atoms with Crippen molar-refractivity contribution in [2.75, 3.05) is 32.6 Å². The zero-order chi connectivity index (χ0) is 29.9. The van der Waals surface area contributed by atoms with Gasteiger partial charge in [-0.05, 0) is 68.8 Å². The highest BCUT2D eigenvalue weighted by Gasteiger charge is 2.32. The third-order valence-corrected chi connectivity index (χ3v) is 6.75. The molecule has 2 aromatic heterocycles. The molecular formula is C31H35N5O6. The molecule has 0 radical (unpaired) electrons. The molecule has 1 saturated heterocycles. The van der Waals surface area contributed by atoms with E-state index in [0.29, 0.717) is 48.5 Å². The van der Waals surface area contributed by atoms with Crippen LogP contribution in [0.3, 0.4) is 0 Å². The summed E-state index contributed by atoms with van der Waals surface area (Å²) in [5.41, 5.74) is 3.04. The van der Waals surface area contributed by atoms with Gasteiger partial charge in [-0.1, -0.05) is 12.1 Å². The normalized spacial score (nSPS) is 15.0. The number of benzene rings is 2. The Kier molecular flexibility index (Phi) is 8.19. The lowest BCUT2D eigenvalue weighted by molar-refractivity contribution is 0.0275. The highest BCUT2D eigenvalue weighted by Crippen LogP contribution is 2.35. The number of pyridine rings is 1. The molecule has 5 rings (SSSR count). The Morgan fingerprint density at radius 1 is 1.02 bits per heavy atom. The van der Waals surface area contributed by atoms with Gasteiger partial charge in [0.05, 0.1) is 38.6 Å². The van der Waals surface area contributed by atoms with Crippen LogP contribution in [0.15, 0.2) is 60.8 Å². The van der Waals surface area contributed by atoms with Gasteiger partial charge in [0.1, 0.15) is 22.8 Å². The second-order valence-electron chi connectivity index (χ2n) is 11.0. The van der Waals surface area contributed by atoms with Crippen molar-refractivity contribution in [3.63, 3.8) is 0 Å². The van der Waals surface area contributed by atoms with Gasteiger partial charge in [-0.2, -0.15) is 0 Å². The van der Waals surface area contributed by atoms with Gasteiger partial charge in [0.2, 0.25) is 5.88 Å². The lowest BCUT2D eigenvalue weighted by atomic mass is 10.2. The molecule has 1 fully saturated rings. The third kappa shape index (κ3) is 6.56. The molecule has 4 aromatic rings. The van der Waals surface area contributed by atoms with Crippen LogP contribution in [0.25, 0.3) is 11.0 Å². The first-order chi connectivity index (χ1) is 20.1. The van der Waals surface area contributed by atoms with E-state index in [1.807, 2.05) is 51.1 Å². The Morgan fingerprint density at radius 2 is 1.76 bits per heavy atom. The van der Waals surface area contributed by atoms with Crippen molar-refractivity contribution in [1.82, 2.24) is 19.7 Å². The predicted molar refractivity (Wildman–Crippen MR) is 158 cm³/mol. The fraction of sp³-hybridized carbons (Fsp3) is 0.355. The summed E-state index contributed by atoms with van der Waals surface area (Å²) in [6, 6.07) is 16.6. The van der Waals surface area contributed by atoms with Crippen LogP contribution in [-0.2, 0) is 16.0 Å². The molecule has 1 unspecified atom stereocenters. The number of nitrogens with one attached hydrogen (secondary N) is 1. The number of methoxy groups -OCH3 is 2. The lowest BCUT2D eigenvalue weighted by Gasteiger charge is -2.24. The monoisotopic (exact) mass is 573 g/mol. The van der Waals surface area contributed by atoms with E-state index in [1.54, 1.807) is 47.2 Å². The van der Waals surface area contributed by atoms with Crippen LogP contribution >= 0.6 is 0 Å². The van der Waals surface area contributed by atoms with E-state index in [2.05, 4.69) is 10.3 Å². The molecule has 1 amide bonds. The van der Waals surface area contributed by atoms with E-state index < -0.39 is 11.6 Å². The van der Waals surface area contributed by atoms with Crippen LogP contribution in [0.2, 0.25) is 0 Å². The van der Waals surface area contributed by atoms with Gasteiger partial charge >= 0.3 is 12.1 Å².